The normalized spacial score (nSPS) is 45.6. The summed E-state index contributed by atoms with van der Waals surface area (Å²) in [4.78, 5) is 2.51. The van der Waals surface area contributed by atoms with Crippen LogP contribution in [0.25, 0.3) is 0 Å². The maximum absolute atomic E-state index is 9.51. The number of likely N-dealkylation sites (tertiary alicyclic amines) is 1. The Morgan fingerprint density at radius 3 is 2.43 bits per heavy atom. The van der Waals surface area contributed by atoms with Crippen molar-refractivity contribution >= 4 is 0 Å². The molecule has 2 heteroatoms. The van der Waals surface area contributed by atoms with E-state index in [0.717, 1.165) is 37.4 Å². The highest BCUT2D eigenvalue weighted by Crippen LogP contribution is 2.33. The smallest absolute Gasteiger partial charge is 0.0679 e. The zero-order valence-electron chi connectivity index (χ0n) is 9.45. The van der Waals surface area contributed by atoms with Crippen LogP contribution in [-0.2, 0) is 0 Å². The summed E-state index contributed by atoms with van der Waals surface area (Å²) in [5.74, 6) is 1.77. The Morgan fingerprint density at radius 1 is 1.07 bits per heavy atom. The Labute approximate surface area is 87.3 Å². The largest absolute Gasteiger partial charge is 0.392 e. The van der Waals surface area contributed by atoms with E-state index in [9.17, 15) is 5.11 Å². The van der Waals surface area contributed by atoms with Gasteiger partial charge < -0.3 is 5.11 Å². The van der Waals surface area contributed by atoms with Crippen molar-refractivity contribution in [2.75, 3.05) is 13.1 Å². The third kappa shape index (κ3) is 2.12. The second kappa shape index (κ2) is 4.19. The SMILES string of the molecule is CC1CCC(N2CC[C@@H](O)C2)CC1C. The molecule has 0 radical (unpaired) electrons. The van der Waals surface area contributed by atoms with Crippen molar-refractivity contribution in [2.24, 2.45) is 11.8 Å². The summed E-state index contributed by atoms with van der Waals surface area (Å²) in [5, 5.41) is 9.51. The van der Waals surface area contributed by atoms with Gasteiger partial charge in [-0.3, -0.25) is 4.90 Å². The van der Waals surface area contributed by atoms with Gasteiger partial charge in [-0.2, -0.15) is 0 Å². The number of aliphatic hydroxyl groups excluding tert-OH is 1. The molecule has 1 heterocycles. The molecule has 1 saturated carbocycles. The van der Waals surface area contributed by atoms with E-state index in [1.165, 1.54) is 19.3 Å². The van der Waals surface area contributed by atoms with Gasteiger partial charge in [0.15, 0.2) is 0 Å². The van der Waals surface area contributed by atoms with Gasteiger partial charge in [-0.05, 0) is 37.5 Å². The number of β-amino-alcohol motifs (C(OH)–C–C–N with tert-alkyl or cyclic N) is 1. The van der Waals surface area contributed by atoms with E-state index in [-0.39, 0.29) is 6.10 Å². The Kier molecular flexibility index (Phi) is 3.13. The molecule has 1 aliphatic heterocycles. The monoisotopic (exact) mass is 197 g/mol. The Hall–Kier alpha value is -0.0800. The lowest BCUT2D eigenvalue weighted by Gasteiger charge is -2.37. The maximum Gasteiger partial charge on any atom is 0.0679 e. The second-order valence-corrected chi connectivity index (χ2v) is 5.36. The van der Waals surface area contributed by atoms with Crippen molar-refractivity contribution in [3.63, 3.8) is 0 Å². The molecule has 14 heavy (non-hydrogen) atoms. The summed E-state index contributed by atoms with van der Waals surface area (Å²) in [5.41, 5.74) is 0. The highest BCUT2D eigenvalue weighted by molar-refractivity contribution is 4.86. The Morgan fingerprint density at radius 2 is 1.86 bits per heavy atom. The van der Waals surface area contributed by atoms with E-state index in [0.29, 0.717) is 0 Å². The lowest BCUT2D eigenvalue weighted by molar-refractivity contribution is 0.110. The van der Waals surface area contributed by atoms with Crippen LogP contribution in [0.15, 0.2) is 0 Å². The predicted octanol–water partition coefficient (Wildman–Crippen LogP) is 1.88. The highest BCUT2D eigenvalue weighted by Gasteiger charge is 2.32. The molecule has 0 aromatic carbocycles. The molecule has 0 aromatic heterocycles. The van der Waals surface area contributed by atoms with Crippen LogP contribution in [0.5, 0.6) is 0 Å². The zero-order chi connectivity index (χ0) is 10.1. The summed E-state index contributed by atoms with van der Waals surface area (Å²) in [6, 6.07) is 0.762. The van der Waals surface area contributed by atoms with Gasteiger partial charge in [0.25, 0.3) is 0 Å². The van der Waals surface area contributed by atoms with E-state index in [1.807, 2.05) is 0 Å². The lowest BCUT2D eigenvalue weighted by atomic mass is 9.78. The maximum atomic E-state index is 9.51. The molecule has 0 amide bonds. The van der Waals surface area contributed by atoms with Crippen LogP contribution in [0.3, 0.4) is 0 Å². The van der Waals surface area contributed by atoms with Crippen molar-refractivity contribution in [3.05, 3.63) is 0 Å². The lowest BCUT2D eigenvalue weighted by Crippen LogP contribution is -2.39. The van der Waals surface area contributed by atoms with E-state index in [4.69, 9.17) is 0 Å². The topological polar surface area (TPSA) is 23.5 Å². The molecule has 1 saturated heterocycles. The van der Waals surface area contributed by atoms with Crippen LogP contribution in [0.2, 0.25) is 0 Å². The molecular weight excluding hydrogens is 174 g/mol. The zero-order valence-corrected chi connectivity index (χ0v) is 9.45. The minimum atomic E-state index is -0.0512. The average molecular weight is 197 g/mol. The van der Waals surface area contributed by atoms with E-state index in [1.54, 1.807) is 0 Å². The standard InChI is InChI=1S/C12H23NO/c1-9-3-4-11(7-10(9)2)13-6-5-12(14)8-13/h9-12,14H,3-8H2,1-2H3/t9?,10?,11?,12-/m1/s1. The van der Waals surface area contributed by atoms with Crippen molar-refractivity contribution in [3.8, 4) is 0 Å². The molecule has 4 atom stereocenters. The summed E-state index contributed by atoms with van der Waals surface area (Å²) in [6.07, 6.45) is 5.00. The van der Waals surface area contributed by atoms with Gasteiger partial charge in [0.2, 0.25) is 0 Å². The minimum Gasteiger partial charge on any atom is -0.392 e. The van der Waals surface area contributed by atoms with Crippen LogP contribution in [0, 0.1) is 11.8 Å². The number of hydrogen-bond donors (Lipinski definition) is 1. The molecule has 2 aliphatic rings. The molecule has 0 aromatic rings. The van der Waals surface area contributed by atoms with Gasteiger partial charge in [0.1, 0.15) is 0 Å². The first kappa shape index (κ1) is 10.4. The number of nitrogens with zero attached hydrogens (tertiary/aromatic N) is 1. The van der Waals surface area contributed by atoms with E-state index >= 15 is 0 Å². The quantitative estimate of drug-likeness (QED) is 0.694. The van der Waals surface area contributed by atoms with Crippen molar-refractivity contribution < 1.29 is 5.11 Å². The van der Waals surface area contributed by atoms with Crippen LogP contribution >= 0.6 is 0 Å². The van der Waals surface area contributed by atoms with Gasteiger partial charge in [-0.25, -0.2) is 0 Å². The molecule has 3 unspecified atom stereocenters. The van der Waals surface area contributed by atoms with Crippen LogP contribution < -0.4 is 0 Å². The first-order chi connectivity index (χ1) is 6.66. The van der Waals surface area contributed by atoms with Crippen molar-refractivity contribution in [1.29, 1.82) is 0 Å². The fraction of sp³-hybridized carbons (Fsp3) is 1.00. The van der Waals surface area contributed by atoms with Gasteiger partial charge in [-0.1, -0.05) is 13.8 Å². The van der Waals surface area contributed by atoms with Gasteiger partial charge in [0, 0.05) is 19.1 Å². The molecule has 2 fully saturated rings. The number of rotatable bonds is 1. The second-order valence-electron chi connectivity index (χ2n) is 5.36. The molecule has 0 bridgehead atoms. The van der Waals surface area contributed by atoms with Crippen molar-refractivity contribution in [1.82, 2.24) is 4.90 Å². The van der Waals surface area contributed by atoms with Crippen molar-refractivity contribution in [2.45, 2.75) is 51.7 Å². The van der Waals surface area contributed by atoms with Crippen LogP contribution in [-0.4, -0.2) is 35.2 Å². The predicted molar refractivity (Wildman–Crippen MR) is 58.2 cm³/mol. The first-order valence-electron chi connectivity index (χ1n) is 6.09. The Balaban J connectivity index is 1.87. The number of hydrogen-bond acceptors (Lipinski definition) is 2. The van der Waals surface area contributed by atoms with Gasteiger partial charge in [0.05, 0.1) is 6.10 Å². The molecule has 2 nitrogen and oxygen atoms in total. The molecule has 0 spiro atoms. The summed E-state index contributed by atoms with van der Waals surface area (Å²) < 4.78 is 0. The molecule has 82 valence electrons. The van der Waals surface area contributed by atoms with Gasteiger partial charge >= 0.3 is 0 Å². The summed E-state index contributed by atoms with van der Waals surface area (Å²) in [7, 11) is 0. The van der Waals surface area contributed by atoms with Gasteiger partial charge in [-0.15, -0.1) is 0 Å². The third-order valence-corrected chi connectivity index (χ3v) is 4.28. The van der Waals surface area contributed by atoms with Crippen LogP contribution in [0.4, 0.5) is 0 Å². The fourth-order valence-electron chi connectivity index (χ4n) is 2.95. The fourth-order valence-corrected chi connectivity index (χ4v) is 2.95. The van der Waals surface area contributed by atoms with E-state index in [2.05, 4.69) is 18.7 Å². The molecule has 1 N–H and O–H groups in total. The Bertz CT molecular complexity index is 195. The summed E-state index contributed by atoms with van der Waals surface area (Å²) >= 11 is 0. The number of aliphatic hydroxyl groups is 1. The molecule has 1 aliphatic carbocycles. The molecular formula is C12H23NO. The summed E-state index contributed by atoms with van der Waals surface area (Å²) in [6.45, 7) is 6.79. The van der Waals surface area contributed by atoms with Crippen LogP contribution in [0.1, 0.15) is 39.5 Å². The average Bonchev–Trinajstić information content (AvgIpc) is 2.57. The third-order valence-electron chi connectivity index (χ3n) is 4.28. The first-order valence-corrected chi connectivity index (χ1v) is 6.09. The van der Waals surface area contributed by atoms with E-state index < -0.39 is 0 Å². The minimum absolute atomic E-state index is 0.0512. The molecule has 2 rings (SSSR count). The highest BCUT2D eigenvalue weighted by atomic mass is 16.3.